The second kappa shape index (κ2) is 6.83. The first-order chi connectivity index (χ1) is 9.74. The van der Waals surface area contributed by atoms with E-state index in [1.165, 1.54) is 0 Å². The first-order valence-corrected chi connectivity index (χ1v) is 6.58. The molecule has 9 heteroatoms. The second-order valence-electron chi connectivity index (χ2n) is 4.76. The third kappa shape index (κ3) is 4.66. The van der Waals surface area contributed by atoms with Crippen molar-refractivity contribution in [2.45, 2.75) is 57.0 Å². The van der Waals surface area contributed by atoms with Gasteiger partial charge in [0, 0.05) is 6.42 Å². The van der Waals surface area contributed by atoms with E-state index in [2.05, 4.69) is 14.5 Å². The van der Waals surface area contributed by atoms with Crippen LogP contribution in [0.1, 0.15) is 45.4 Å². The van der Waals surface area contributed by atoms with E-state index in [-0.39, 0.29) is 6.42 Å². The number of hydrogen-bond donors (Lipinski definition) is 3. The molecule has 0 aromatic heterocycles. The molecule has 1 rings (SSSR count). The maximum Gasteiger partial charge on any atom is 0.439 e. The number of aliphatic hydroxyl groups is 3. The molecule has 1 aliphatic heterocycles. The van der Waals surface area contributed by atoms with Gasteiger partial charge in [-0.15, -0.1) is 0 Å². The molecular weight excluding hydrogens is 288 g/mol. The maximum atomic E-state index is 11.3. The SMILES string of the molecule is CCCCCCCC(O)(O)C(=O)OOC(=O)C1(O)OC1=O. The van der Waals surface area contributed by atoms with Crippen LogP contribution in [0, 0.1) is 0 Å². The minimum Gasteiger partial charge on any atom is -0.407 e. The molecule has 3 N–H and O–H groups in total. The number of unbranched alkanes of at least 4 members (excludes halogenated alkanes) is 4. The molecule has 1 heterocycles. The molecule has 0 aliphatic carbocycles. The molecule has 21 heavy (non-hydrogen) atoms. The molecule has 1 saturated heterocycles. The lowest BCUT2D eigenvalue weighted by atomic mass is 10.1. The summed E-state index contributed by atoms with van der Waals surface area (Å²) in [6.07, 6.45) is 3.67. The summed E-state index contributed by atoms with van der Waals surface area (Å²) in [4.78, 5) is 40.6. The summed E-state index contributed by atoms with van der Waals surface area (Å²) in [6, 6.07) is 0. The highest BCUT2D eigenvalue weighted by atomic mass is 17.2. The van der Waals surface area contributed by atoms with Gasteiger partial charge < -0.3 is 20.1 Å². The predicted molar refractivity (Wildman–Crippen MR) is 63.8 cm³/mol. The molecule has 1 atom stereocenters. The van der Waals surface area contributed by atoms with Crippen LogP contribution in [0.4, 0.5) is 0 Å². The molecule has 0 spiro atoms. The average molecular weight is 306 g/mol. The molecule has 0 aromatic rings. The van der Waals surface area contributed by atoms with Crippen LogP contribution in [0.25, 0.3) is 0 Å². The van der Waals surface area contributed by atoms with Crippen molar-refractivity contribution >= 4 is 17.9 Å². The molecule has 0 amide bonds. The topological polar surface area (TPSA) is 143 Å². The first-order valence-electron chi connectivity index (χ1n) is 6.58. The van der Waals surface area contributed by atoms with Crippen LogP contribution in [0.3, 0.4) is 0 Å². The fourth-order valence-corrected chi connectivity index (χ4v) is 1.51. The lowest BCUT2D eigenvalue weighted by Gasteiger charge is -2.17. The second-order valence-corrected chi connectivity index (χ2v) is 4.76. The van der Waals surface area contributed by atoms with Crippen LogP contribution in [-0.2, 0) is 28.9 Å². The molecule has 120 valence electrons. The number of carbonyl (C=O) groups excluding carboxylic acids is 3. The lowest BCUT2D eigenvalue weighted by molar-refractivity contribution is -0.296. The summed E-state index contributed by atoms with van der Waals surface area (Å²) in [5.74, 6) is -10.1. The number of carbonyl (C=O) groups is 3. The number of rotatable bonds is 8. The van der Waals surface area contributed by atoms with E-state index in [1.54, 1.807) is 0 Å². The van der Waals surface area contributed by atoms with E-state index in [9.17, 15) is 24.6 Å². The fraction of sp³-hybridized carbons (Fsp3) is 0.750. The van der Waals surface area contributed by atoms with Crippen LogP contribution in [-0.4, -0.2) is 44.8 Å². The van der Waals surface area contributed by atoms with Gasteiger partial charge in [0.2, 0.25) is 0 Å². The van der Waals surface area contributed by atoms with Crippen LogP contribution in [0.15, 0.2) is 0 Å². The summed E-state index contributed by atoms with van der Waals surface area (Å²) < 4.78 is 3.91. The van der Waals surface area contributed by atoms with Gasteiger partial charge >= 0.3 is 23.7 Å². The van der Waals surface area contributed by atoms with Gasteiger partial charge in [-0.3, -0.25) is 0 Å². The molecule has 0 radical (unpaired) electrons. The Balaban J connectivity index is 2.29. The molecule has 0 saturated carbocycles. The summed E-state index contributed by atoms with van der Waals surface area (Å²) in [6.45, 7) is 2.02. The van der Waals surface area contributed by atoms with E-state index >= 15 is 0 Å². The Labute approximate surface area is 120 Å². The monoisotopic (exact) mass is 306 g/mol. The molecule has 1 aliphatic rings. The van der Waals surface area contributed by atoms with Crippen molar-refractivity contribution < 1.29 is 44.2 Å². The van der Waals surface area contributed by atoms with Crippen molar-refractivity contribution in [3.8, 4) is 0 Å². The molecular formula is C12H18O9. The van der Waals surface area contributed by atoms with Gasteiger partial charge in [0.05, 0.1) is 0 Å². The number of cyclic esters (lactones) is 1. The standard InChI is InChI=1S/C12H18O9/c1-2-3-4-5-6-7-11(16,17)8(13)20-21-10(15)12(18)9(14)19-12/h16-18H,2-7H2,1H3. The van der Waals surface area contributed by atoms with Crippen LogP contribution in [0.2, 0.25) is 0 Å². The van der Waals surface area contributed by atoms with Gasteiger partial charge in [-0.1, -0.05) is 32.6 Å². The van der Waals surface area contributed by atoms with E-state index in [1.807, 2.05) is 6.92 Å². The zero-order valence-corrected chi connectivity index (χ0v) is 11.5. The van der Waals surface area contributed by atoms with Gasteiger partial charge in [-0.05, 0) is 6.42 Å². The quantitative estimate of drug-likeness (QED) is 0.132. The Hall–Kier alpha value is -1.71. The lowest BCUT2D eigenvalue weighted by Crippen LogP contribution is -2.41. The zero-order valence-electron chi connectivity index (χ0n) is 11.5. The highest BCUT2D eigenvalue weighted by Gasteiger charge is 2.67. The highest BCUT2D eigenvalue weighted by molar-refractivity contribution is 6.11. The predicted octanol–water partition coefficient (Wildman–Crippen LogP) is -0.725. The van der Waals surface area contributed by atoms with Crippen molar-refractivity contribution in [2.24, 2.45) is 0 Å². The maximum absolute atomic E-state index is 11.3. The minimum atomic E-state index is -2.82. The molecule has 9 nitrogen and oxygen atoms in total. The molecule has 0 bridgehead atoms. The van der Waals surface area contributed by atoms with Gasteiger partial charge in [-0.25, -0.2) is 24.2 Å². The average Bonchev–Trinajstić information content (AvgIpc) is 3.04. The number of ether oxygens (including phenoxy) is 1. The van der Waals surface area contributed by atoms with Crippen LogP contribution >= 0.6 is 0 Å². The third-order valence-corrected chi connectivity index (χ3v) is 2.90. The van der Waals surface area contributed by atoms with Gasteiger partial charge in [-0.2, -0.15) is 0 Å². The summed E-state index contributed by atoms with van der Waals surface area (Å²) in [5, 5.41) is 27.9. The van der Waals surface area contributed by atoms with Crippen molar-refractivity contribution in [3.05, 3.63) is 0 Å². The van der Waals surface area contributed by atoms with Crippen molar-refractivity contribution in [3.63, 3.8) is 0 Å². The number of epoxide rings is 1. The largest absolute Gasteiger partial charge is 0.439 e. The first kappa shape index (κ1) is 17.3. The number of hydrogen-bond acceptors (Lipinski definition) is 9. The zero-order chi connectivity index (χ0) is 16.1. The Morgan fingerprint density at radius 3 is 2.29 bits per heavy atom. The van der Waals surface area contributed by atoms with E-state index in [0.29, 0.717) is 12.8 Å². The highest BCUT2D eigenvalue weighted by Crippen LogP contribution is 2.27. The van der Waals surface area contributed by atoms with Crippen molar-refractivity contribution in [2.75, 3.05) is 0 Å². The molecule has 1 unspecified atom stereocenters. The van der Waals surface area contributed by atoms with Gasteiger partial charge in [0.15, 0.2) is 0 Å². The Morgan fingerprint density at radius 1 is 1.19 bits per heavy atom. The van der Waals surface area contributed by atoms with E-state index in [0.717, 1.165) is 19.3 Å². The smallest absolute Gasteiger partial charge is 0.407 e. The van der Waals surface area contributed by atoms with E-state index in [4.69, 9.17) is 5.11 Å². The Kier molecular flexibility index (Phi) is 5.64. The van der Waals surface area contributed by atoms with Gasteiger partial charge in [0.25, 0.3) is 5.79 Å². The Bertz CT molecular complexity index is 417. The normalized spacial score (nSPS) is 20.7. The van der Waals surface area contributed by atoms with Crippen LogP contribution < -0.4 is 0 Å². The summed E-state index contributed by atoms with van der Waals surface area (Å²) in [7, 11) is 0. The molecule has 1 fully saturated rings. The molecule has 0 aromatic carbocycles. The minimum absolute atomic E-state index is 0.299. The fourth-order valence-electron chi connectivity index (χ4n) is 1.51. The Morgan fingerprint density at radius 2 is 1.76 bits per heavy atom. The third-order valence-electron chi connectivity index (χ3n) is 2.90. The van der Waals surface area contributed by atoms with E-state index < -0.39 is 29.5 Å². The van der Waals surface area contributed by atoms with Crippen molar-refractivity contribution in [1.29, 1.82) is 0 Å². The van der Waals surface area contributed by atoms with Crippen LogP contribution in [0.5, 0.6) is 0 Å². The summed E-state index contributed by atoms with van der Waals surface area (Å²) >= 11 is 0. The van der Waals surface area contributed by atoms with Crippen molar-refractivity contribution in [1.82, 2.24) is 0 Å². The van der Waals surface area contributed by atoms with Gasteiger partial charge in [0.1, 0.15) is 0 Å². The summed E-state index contributed by atoms with van der Waals surface area (Å²) in [5.41, 5.74) is 0.